The molecule has 0 amide bonds. The zero-order chi connectivity index (χ0) is 8.81. The minimum atomic E-state index is 0. The maximum atomic E-state index is 2.43. The van der Waals surface area contributed by atoms with Gasteiger partial charge >= 0.3 is 0 Å². The first kappa shape index (κ1) is 13.2. The molecule has 0 aromatic carbocycles. The molecule has 1 aliphatic heterocycles. The molecule has 1 saturated heterocycles. The Labute approximate surface area is 88.7 Å². The Morgan fingerprint density at radius 1 is 1.23 bits per heavy atom. The smallest absolute Gasteiger partial charge is 0.133 e. The summed E-state index contributed by atoms with van der Waals surface area (Å²) in [5.74, 6) is 0. The molecule has 0 aromatic rings. The van der Waals surface area contributed by atoms with Crippen LogP contribution >= 0.6 is 0 Å². The maximum absolute atomic E-state index is 2.43. The molecule has 0 radical (unpaired) electrons. The van der Waals surface area contributed by atoms with Crippen molar-refractivity contribution in [2.45, 2.75) is 32.6 Å². The second-order valence-electron chi connectivity index (χ2n) is 4.05. The van der Waals surface area contributed by atoms with Crippen molar-refractivity contribution < 1.29 is 17.3 Å². The van der Waals surface area contributed by atoms with Gasteiger partial charge in [-0.1, -0.05) is 19.8 Å². The normalized spacial score (nSPS) is 23.1. The Kier molecular flexibility index (Phi) is 7.72. The van der Waals surface area contributed by atoms with Gasteiger partial charge < -0.3 is 17.3 Å². The Balaban J connectivity index is 0.00000144. The second kappa shape index (κ2) is 7.60. The standard InChI is InChI=1S/C10H22N2.ClH/c1-3-4-5-6-7-12-9-8-11(2)10-12;/h3-10H2,1-2H3;1H. The molecule has 1 unspecified atom stereocenters. The van der Waals surface area contributed by atoms with Crippen molar-refractivity contribution in [2.75, 3.05) is 33.4 Å². The zero-order valence-corrected chi connectivity index (χ0v) is 9.74. The topological polar surface area (TPSA) is 7.68 Å². The van der Waals surface area contributed by atoms with E-state index in [4.69, 9.17) is 0 Å². The summed E-state index contributed by atoms with van der Waals surface area (Å²) in [6.45, 7) is 7.60. The predicted molar refractivity (Wildman–Crippen MR) is 52.3 cm³/mol. The van der Waals surface area contributed by atoms with E-state index in [9.17, 15) is 0 Å². The summed E-state index contributed by atoms with van der Waals surface area (Å²) in [5.41, 5.74) is 0. The van der Waals surface area contributed by atoms with Crippen molar-refractivity contribution >= 4 is 0 Å². The summed E-state index contributed by atoms with van der Waals surface area (Å²) < 4.78 is 0. The van der Waals surface area contributed by atoms with E-state index >= 15 is 0 Å². The molecule has 1 atom stereocenters. The molecule has 3 heteroatoms. The van der Waals surface area contributed by atoms with E-state index in [1.807, 2.05) is 0 Å². The number of likely N-dealkylation sites (N-methyl/N-ethyl adjacent to an activating group) is 1. The zero-order valence-electron chi connectivity index (χ0n) is 8.98. The summed E-state index contributed by atoms with van der Waals surface area (Å²) >= 11 is 0. The molecule has 1 fully saturated rings. The first-order valence-electron chi connectivity index (χ1n) is 5.35. The van der Waals surface area contributed by atoms with Gasteiger partial charge in [0, 0.05) is 0 Å². The van der Waals surface area contributed by atoms with Crippen LogP contribution < -0.4 is 17.3 Å². The first-order chi connectivity index (χ1) is 5.83. The van der Waals surface area contributed by atoms with Crippen molar-refractivity contribution in [3.8, 4) is 0 Å². The highest BCUT2D eigenvalue weighted by Crippen LogP contribution is 1.96. The van der Waals surface area contributed by atoms with E-state index in [2.05, 4.69) is 18.9 Å². The molecule has 0 spiro atoms. The molecule has 13 heavy (non-hydrogen) atoms. The van der Waals surface area contributed by atoms with Crippen LogP contribution in [0.5, 0.6) is 0 Å². The third-order valence-corrected chi connectivity index (χ3v) is 2.72. The van der Waals surface area contributed by atoms with Crippen molar-refractivity contribution in [2.24, 2.45) is 0 Å². The van der Waals surface area contributed by atoms with E-state index in [-0.39, 0.29) is 12.4 Å². The number of nitrogens with zero attached hydrogens (tertiary/aromatic N) is 1. The van der Waals surface area contributed by atoms with Crippen LogP contribution in [0.2, 0.25) is 0 Å². The molecule has 1 heterocycles. The number of halogens is 1. The molecule has 1 aliphatic rings. The van der Waals surface area contributed by atoms with E-state index in [1.165, 1.54) is 52.0 Å². The van der Waals surface area contributed by atoms with Crippen molar-refractivity contribution in [3.05, 3.63) is 0 Å². The van der Waals surface area contributed by atoms with Gasteiger partial charge in [0.2, 0.25) is 0 Å². The fraction of sp³-hybridized carbons (Fsp3) is 1.00. The van der Waals surface area contributed by atoms with Gasteiger partial charge in [-0.25, -0.2) is 0 Å². The van der Waals surface area contributed by atoms with Gasteiger partial charge in [0.05, 0.1) is 19.6 Å². The molecule has 0 aliphatic carbocycles. The van der Waals surface area contributed by atoms with Crippen LogP contribution in [0.15, 0.2) is 0 Å². The fourth-order valence-corrected chi connectivity index (χ4v) is 1.89. The lowest BCUT2D eigenvalue weighted by molar-refractivity contribution is -0.891. The minimum Gasteiger partial charge on any atom is -1.00 e. The molecule has 2 nitrogen and oxygen atoms in total. The van der Waals surface area contributed by atoms with E-state index in [0.29, 0.717) is 0 Å². The summed E-state index contributed by atoms with van der Waals surface area (Å²) in [4.78, 5) is 4.21. The third kappa shape index (κ3) is 5.50. The maximum Gasteiger partial charge on any atom is 0.133 e. The Bertz CT molecular complexity index is 119. The SMILES string of the molecule is CCCCCC[NH+]1CCN(C)C1.[Cl-]. The fourth-order valence-electron chi connectivity index (χ4n) is 1.89. The molecule has 80 valence electrons. The van der Waals surface area contributed by atoms with Crippen LogP contribution in [0.3, 0.4) is 0 Å². The van der Waals surface area contributed by atoms with Gasteiger partial charge in [-0.2, -0.15) is 0 Å². The minimum absolute atomic E-state index is 0. The first-order valence-corrected chi connectivity index (χ1v) is 5.35. The van der Waals surface area contributed by atoms with Gasteiger partial charge in [-0.3, -0.25) is 4.90 Å². The lowest BCUT2D eigenvalue weighted by Gasteiger charge is -2.11. The third-order valence-electron chi connectivity index (χ3n) is 2.72. The van der Waals surface area contributed by atoms with Gasteiger partial charge in [-0.05, 0) is 19.9 Å². The summed E-state index contributed by atoms with van der Waals surface area (Å²) in [7, 11) is 2.22. The number of hydrogen-bond acceptors (Lipinski definition) is 1. The quantitative estimate of drug-likeness (QED) is 0.484. The summed E-state index contributed by atoms with van der Waals surface area (Å²) in [6, 6.07) is 0. The van der Waals surface area contributed by atoms with Gasteiger partial charge in [-0.15, -0.1) is 0 Å². The number of unbranched alkanes of at least 4 members (excludes halogenated alkanes) is 3. The number of quaternary nitrogens is 1. The van der Waals surface area contributed by atoms with E-state index in [1.54, 1.807) is 4.90 Å². The highest BCUT2D eigenvalue weighted by atomic mass is 35.5. The van der Waals surface area contributed by atoms with Crippen LogP contribution in [-0.2, 0) is 0 Å². The lowest BCUT2D eigenvalue weighted by atomic mass is 10.2. The van der Waals surface area contributed by atoms with Crippen LogP contribution in [0, 0.1) is 0 Å². The van der Waals surface area contributed by atoms with Crippen molar-refractivity contribution in [1.82, 2.24) is 4.90 Å². The second-order valence-corrected chi connectivity index (χ2v) is 4.05. The van der Waals surface area contributed by atoms with Crippen LogP contribution in [0.1, 0.15) is 32.6 Å². The van der Waals surface area contributed by atoms with E-state index < -0.39 is 0 Å². The average molecular weight is 207 g/mol. The molecule has 1 N–H and O–H groups in total. The Morgan fingerprint density at radius 3 is 2.54 bits per heavy atom. The molecule has 0 saturated carbocycles. The summed E-state index contributed by atoms with van der Waals surface area (Å²) in [5, 5.41) is 0. The van der Waals surface area contributed by atoms with Crippen LogP contribution in [0.25, 0.3) is 0 Å². The monoisotopic (exact) mass is 206 g/mol. The number of nitrogens with one attached hydrogen (secondary N) is 1. The molecule has 0 aromatic heterocycles. The van der Waals surface area contributed by atoms with Gasteiger partial charge in [0.1, 0.15) is 6.67 Å². The summed E-state index contributed by atoms with van der Waals surface area (Å²) in [6.07, 6.45) is 5.64. The van der Waals surface area contributed by atoms with E-state index in [0.717, 1.165) is 0 Å². The highest BCUT2D eigenvalue weighted by molar-refractivity contribution is 4.49. The predicted octanol–water partition coefficient (Wildman–Crippen LogP) is -2.64. The number of rotatable bonds is 5. The van der Waals surface area contributed by atoms with Crippen molar-refractivity contribution in [3.63, 3.8) is 0 Å². The molecule has 0 bridgehead atoms. The largest absolute Gasteiger partial charge is 1.00 e. The molecular weight excluding hydrogens is 184 g/mol. The highest BCUT2D eigenvalue weighted by Gasteiger charge is 2.18. The Hall–Kier alpha value is 0.210. The van der Waals surface area contributed by atoms with Crippen LogP contribution in [-0.4, -0.2) is 38.3 Å². The molecular formula is C10H23ClN2. The van der Waals surface area contributed by atoms with Gasteiger partial charge in [0.25, 0.3) is 0 Å². The number of hydrogen-bond donors (Lipinski definition) is 1. The van der Waals surface area contributed by atoms with Gasteiger partial charge in [0.15, 0.2) is 0 Å². The Morgan fingerprint density at radius 2 is 2.00 bits per heavy atom. The van der Waals surface area contributed by atoms with Crippen LogP contribution in [0.4, 0.5) is 0 Å². The molecule has 1 rings (SSSR count). The lowest BCUT2D eigenvalue weighted by Crippen LogP contribution is -3.10. The van der Waals surface area contributed by atoms with Crippen molar-refractivity contribution in [1.29, 1.82) is 0 Å². The average Bonchev–Trinajstić information content (AvgIpc) is 2.45.